The van der Waals surface area contributed by atoms with Gasteiger partial charge in [-0.25, -0.2) is 0 Å². The molecule has 0 N–H and O–H groups in total. The van der Waals surface area contributed by atoms with E-state index in [0.717, 1.165) is 52.2 Å². The first-order valence-electron chi connectivity index (χ1n) is 16.4. The van der Waals surface area contributed by atoms with E-state index in [-0.39, 0.29) is 11.9 Å². The third-order valence-electron chi connectivity index (χ3n) is 9.73. The van der Waals surface area contributed by atoms with Crippen molar-refractivity contribution in [2.24, 2.45) is 15.0 Å². The second-order valence-electron chi connectivity index (χ2n) is 12.6. The predicted octanol–water partition coefficient (Wildman–Crippen LogP) is 6.12. The zero-order chi connectivity index (χ0) is 31.5. The van der Waals surface area contributed by atoms with Crippen LogP contribution in [-0.4, -0.2) is 42.4 Å². The van der Waals surface area contributed by atoms with Gasteiger partial charge >= 0.3 is 0 Å². The molecule has 2 atom stereocenters. The van der Waals surface area contributed by atoms with Crippen LogP contribution in [0.15, 0.2) is 106 Å². The van der Waals surface area contributed by atoms with Crippen molar-refractivity contribution < 1.29 is 9.59 Å². The fraction of sp³-hybridized carbons (Fsp3) is 0.308. The Morgan fingerprint density at radius 2 is 1.70 bits per heavy atom. The average molecular weight is 610 g/mol. The van der Waals surface area contributed by atoms with Gasteiger partial charge in [0.25, 0.3) is 5.91 Å². The van der Waals surface area contributed by atoms with E-state index in [2.05, 4.69) is 46.9 Å². The van der Waals surface area contributed by atoms with Gasteiger partial charge in [-0.15, -0.1) is 0 Å². The predicted molar refractivity (Wildman–Crippen MR) is 181 cm³/mol. The molecule has 1 saturated carbocycles. The number of fused-ring (bicyclic) bond motifs is 2. The summed E-state index contributed by atoms with van der Waals surface area (Å²) in [6.45, 7) is 5.65. The Hall–Kier alpha value is -4.91. The molecule has 2 aliphatic heterocycles. The van der Waals surface area contributed by atoms with Crippen LogP contribution in [0.4, 0.5) is 11.4 Å². The molecule has 4 aromatic carbocycles. The zero-order valence-electron chi connectivity index (χ0n) is 26.1. The lowest BCUT2D eigenvalue weighted by molar-refractivity contribution is -0.112. The van der Waals surface area contributed by atoms with Gasteiger partial charge in [-0.1, -0.05) is 79.9 Å². The van der Waals surface area contributed by atoms with Gasteiger partial charge in [-0.3, -0.25) is 19.8 Å². The van der Waals surface area contributed by atoms with E-state index < -0.39 is 6.04 Å². The molecule has 1 fully saturated rings. The maximum atomic E-state index is 13.8. The van der Waals surface area contributed by atoms with Crippen molar-refractivity contribution in [3.63, 3.8) is 0 Å². The molecular weight excluding hydrogens is 570 g/mol. The quantitative estimate of drug-likeness (QED) is 0.179. The molecule has 0 radical (unpaired) electrons. The molecule has 232 valence electrons. The van der Waals surface area contributed by atoms with Gasteiger partial charge in [-0.2, -0.15) is 0 Å². The minimum absolute atomic E-state index is 0.0437. The van der Waals surface area contributed by atoms with Crippen LogP contribution in [-0.2, 0) is 24.3 Å². The fourth-order valence-electron chi connectivity index (χ4n) is 7.24. The summed E-state index contributed by atoms with van der Waals surface area (Å²) in [6.07, 6.45) is 7.26. The van der Waals surface area contributed by atoms with Crippen molar-refractivity contribution in [2.75, 3.05) is 11.4 Å². The Morgan fingerprint density at radius 1 is 0.913 bits per heavy atom. The highest BCUT2D eigenvalue weighted by Gasteiger charge is 2.31. The summed E-state index contributed by atoms with van der Waals surface area (Å²) in [4.78, 5) is 44.4. The first-order chi connectivity index (χ1) is 22.6. The number of anilines is 1. The highest BCUT2D eigenvalue weighted by atomic mass is 16.2. The normalized spacial score (nSPS) is 19.2. The number of aldehydes is 1. The number of aliphatic imine (C=N–C) groups is 1. The Morgan fingerprint density at radius 3 is 2.48 bits per heavy atom. The number of hydrogen-bond donors (Lipinski definition) is 0. The molecule has 46 heavy (non-hydrogen) atoms. The van der Waals surface area contributed by atoms with Crippen molar-refractivity contribution >= 4 is 30.3 Å². The molecule has 1 aliphatic carbocycles. The summed E-state index contributed by atoms with van der Waals surface area (Å²) in [5.74, 6) is -0.166. The van der Waals surface area contributed by atoms with Gasteiger partial charge in [0.2, 0.25) is 0 Å². The average Bonchev–Trinajstić information content (AvgIpc) is 3.13. The van der Waals surface area contributed by atoms with Crippen molar-refractivity contribution in [1.29, 1.82) is 0 Å². The molecular formula is C39H39N5O2. The molecule has 1 amide bonds. The number of carbonyl (C=O) groups excluding carboxylic acids is 2. The van der Waals surface area contributed by atoms with Crippen LogP contribution < -0.4 is 15.6 Å². The first-order valence-corrected chi connectivity index (χ1v) is 16.4. The minimum atomic E-state index is -0.495. The molecule has 0 bridgehead atoms. The maximum Gasteiger partial charge on any atom is 0.254 e. The fourth-order valence-corrected chi connectivity index (χ4v) is 7.24. The largest absolute Gasteiger partial charge is 0.362 e. The van der Waals surface area contributed by atoms with Crippen LogP contribution in [0.1, 0.15) is 70.8 Å². The number of hydrogen-bond acceptors (Lipinski definition) is 6. The molecule has 7 nitrogen and oxygen atoms in total. The van der Waals surface area contributed by atoms with Crippen molar-refractivity contribution in [3.05, 3.63) is 130 Å². The summed E-state index contributed by atoms with van der Waals surface area (Å²) in [5.41, 5.74) is 6.72. The lowest BCUT2D eigenvalue weighted by Gasteiger charge is -2.37. The van der Waals surface area contributed by atoms with Crippen molar-refractivity contribution in [3.8, 4) is 0 Å². The number of nitrogens with zero attached hydrogens (tertiary/aromatic N) is 5. The first kappa shape index (κ1) is 29.8. The van der Waals surface area contributed by atoms with Gasteiger partial charge in [0.15, 0.2) is 0 Å². The Bertz CT molecular complexity index is 1880. The Labute approximate surface area is 270 Å². The van der Waals surface area contributed by atoms with Crippen LogP contribution in [0.5, 0.6) is 0 Å². The van der Waals surface area contributed by atoms with Crippen LogP contribution in [0.2, 0.25) is 0 Å². The summed E-state index contributed by atoms with van der Waals surface area (Å²) >= 11 is 0. The van der Waals surface area contributed by atoms with Gasteiger partial charge < -0.3 is 14.6 Å². The van der Waals surface area contributed by atoms with E-state index in [1.807, 2.05) is 60.7 Å². The van der Waals surface area contributed by atoms with Crippen LogP contribution in [0.3, 0.4) is 0 Å². The lowest BCUT2D eigenvalue weighted by Crippen LogP contribution is -2.45. The smallest absolute Gasteiger partial charge is 0.254 e. The summed E-state index contributed by atoms with van der Waals surface area (Å²) in [6, 6.07) is 30.4. The second kappa shape index (κ2) is 13.2. The van der Waals surface area contributed by atoms with E-state index in [0.29, 0.717) is 43.3 Å². The van der Waals surface area contributed by atoms with Crippen LogP contribution in [0.25, 0.3) is 0 Å². The summed E-state index contributed by atoms with van der Waals surface area (Å²) in [5, 5.41) is 1.86. The standard InChI is InChI=1S/C39H39N5O2/c1-40-36-22-30(39(46)44-25-31-13-9-8-12-29(31)21-33(44)26-45)17-19-38(36)43(32-14-6-3-7-15-32)24-27-16-18-34-35(20-27)41-23-37(42-34)28-10-4-2-5-11-28/h2,4-5,8-13,16-20,22,26,32-33,37H,1,3,6-7,14-15,21,23-25H2. The van der Waals surface area contributed by atoms with Crippen molar-refractivity contribution in [2.45, 2.75) is 69.7 Å². The zero-order valence-corrected chi connectivity index (χ0v) is 26.1. The summed E-state index contributed by atoms with van der Waals surface area (Å²) < 4.78 is 0. The van der Waals surface area contributed by atoms with E-state index >= 15 is 0 Å². The molecule has 4 aromatic rings. The van der Waals surface area contributed by atoms with E-state index in [4.69, 9.17) is 9.98 Å². The number of amides is 1. The molecule has 7 heteroatoms. The highest BCUT2D eigenvalue weighted by molar-refractivity contribution is 5.97. The monoisotopic (exact) mass is 609 g/mol. The maximum absolute atomic E-state index is 13.8. The van der Waals surface area contributed by atoms with Crippen LogP contribution >= 0.6 is 0 Å². The number of rotatable bonds is 8. The Balaban J connectivity index is 1.18. The molecule has 2 heterocycles. The Kier molecular flexibility index (Phi) is 8.55. The molecule has 0 saturated heterocycles. The third-order valence-corrected chi connectivity index (χ3v) is 9.73. The molecule has 2 unspecified atom stereocenters. The van der Waals surface area contributed by atoms with Gasteiger partial charge in [-0.05, 0) is 72.1 Å². The van der Waals surface area contributed by atoms with E-state index in [1.54, 1.807) is 4.90 Å². The van der Waals surface area contributed by atoms with Gasteiger partial charge in [0.05, 0.1) is 40.7 Å². The SMILES string of the molecule is C=Nc1cc(C(=O)N2Cc3ccccc3CC2C=O)ccc1N(Cc1ccc2c(c1)=NCC(c1ccccc1)N=2)C1CCCCC1. The molecule has 0 aromatic heterocycles. The minimum Gasteiger partial charge on any atom is -0.362 e. The highest BCUT2D eigenvalue weighted by Crippen LogP contribution is 2.36. The lowest BCUT2D eigenvalue weighted by atomic mass is 9.92. The number of carbonyl (C=O) groups is 2. The number of benzene rings is 4. The van der Waals surface area contributed by atoms with Gasteiger partial charge in [0, 0.05) is 31.1 Å². The second-order valence-corrected chi connectivity index (χ2v) is 12.6. The molecule has 0 spiro atoms. The summed E-state index contributed by atoms with van der Waals surface area (Å²) in [7, 11) is 0. The molecule has 7 rings (SSSR count). The molecule has 3 aliphatic rings. The van der Waals surface area contributed by atoms with Gasteiger partial charge in [0.1, 0.15) is 6.29 Å². The van der Waals surface area contributed by atoms with Crippen LogP contribution in [0, 0.1) is 0 Å². The van der Waals surface area contributed by atoms with E-state index in [1.165, 1.54) is 24.8 Å². The van der Waals surface area contributed by atoms with Crippen molar-refractivity contribution in [1.82, 2.24) is 4.90 Å². The third kappa shape index (κ3) is 6.02. The van der Waals surface area contributed by atoms with E-state index in [9.17, 15) is 9.59 Å². The topological polar surface area (TPSA) is 77.7 Å².